The van der Waals surface area contributed by atoms with E-state index in [1.165, 1.54) is 0 Å². The van der Waals surface area contributed by atoms with E-state index in [1.807, 2.05) is 17.0 Å². The van der Waals surface area contributed by atoms with E-state index in [0.717, 1.165) is 49.9 Å². The molecule has 0 aliphatic carbocycles. The summed E-state index contributed by atoms with van der Waals surface area (Å²) in [5.41, 5.74) is 2.22. The number of nitrogens with zero attached hydrogens (tertiary/aromatic N) is 4. The maximum Gasteiger partial charge on any atom is 0.191 e. The van der Waals surface area contributed by atoms with Crippen LogP contribution in [-0.4, -0.2) is 86.1 Å². The highest BCUT2D eigenvalue weighted by Gasteiger charge is 2.33. The van der Waals surface area contributed by atoms with Crippen molar-refractivity contribution in [1.82, 2.24) is 14.8 Å². The van der Waals surface area contributed by atoms with Crippen molar-refractivity contribution in [3.63, 3.8) is 0 Å². The Bertz CT molecular complexity index is 1080. The molecule has 0 saturated carbocycles. The summed E-state index contributed by atoms with van der Waals surface area (Å²) in [5, 5.41) is 3.43. The van der Waals surface area contributed by atoms with E-state index in [9.17, 15) is 4.79 Å². The van der Waals surface area contributed by atoms with Crippen LogP contribution in [0.2, 0.25) is 0 Å². The van der Waals surface area contributed by atoms with Crippen LogP contribution < -0.4 is 14.8 Å². The summed E-state index contributed by atoms with van der Waals surface area (Å²) in [6.45, 7) is 5.98. The number of fused-ring (bicyclic) bond motifs is 3. The van der Waals surface area contributed by atoms with Crippen molar-refractivity contribution in [3.05, 3.63) is 59.7 Å². The van der Waals surface area contributed by atoms with Gasteiger partial charge in [0.25, 0.3) is 0 Å². The van der Waals surface area contributed by atoms with Crippen molar-refractivity contribution in [2.75, 3.05) is 65.0 Å². The highest BCUT2D eigenvalue weighted by molar-refractivity contribution is 6.11. The summed E-state index contributed by atoms with van der Waals surface area (Å²) in [4.78, 5) is 26.0. The van der Waals surface area contributed by atoms with E-state index < -0.39 is 0 Å². The monoisotopic (exact) mass is 449 g/mol. The van der Waals surface area contributed by atoms with Crippen LogP contribution in [0.4, 0.5) is 5.69 Å². The molecule has 1 N–H and O–H groups in total. The second-order valence-electron chi connectivity index (χ2n) is 7.94. The van der Waals surface area contributed by atoms with Crippen LogP contribution in [0.1, 0.15) is 15.9 Å². The number of amidine groups is 1. The van der Waals surface area contributed by atoms with Crippen molar-refractivity contribution in [1.29, 1.82) is 0 Å². The molecule has 0 bridgehead atoms. The quantitative estimate of drug-likeness (QED) is 0.507. The van der Waals surface area contributed by atoms with Crippen LogP contribution >= 0.6 is 0 Å². The Hall–Kier alpha value is -3.43. The number of benzene rings is 1. The zero-order valence-electron chi connectivity index (χ0n) is 18.6. The molecule has 0 amide bonds. The number of aliphatic imine (C=N–C) groups is 1. The molecule has 172 valence electrons. The lowest BCUT2D eigenvalue weighted by Crippen LogP contribution is -2.39. The van der Waals surface area contributed by atoms with E-state index in [4.69, 9.17) is 19.2 Å². The van der Waals surface area contributed by atoms with Crippen LogP contribution in [0, 0.1) is 0 Å². The molecule has 0 radical (unpaired) electrons. The van der Waals surface area contributed by atoms with Gasteiger partial charge in [-0.2, -0.15) is 0 Å². The number of ether oxygens (including phenoxy) is 3. The minimum absolute atomic E-state index is 0.127. The van der Waals surface area contributed by atoms with Crippen molar-refractivity contribution in [2.24, 2.45) is 4.99 Å². The highest BCUT2D eigenvalue weighted by Crippen LogP contribution is 2.43. The molecular weight excluding hydrogens is 422 g/mol. The minimum atomic E-state index is -0.127. The molecule has 2 aromatic rings. The van der Waals surface area contributed by atoms with Crippen molar-refractivity contribution < 1.29 is 19.0 Å². The van der Waals surface area contributed by atoms with Crippen LogP contribution in [0.25, 0.3) is 0 Å². The van der Waals surface area contributed by atoms with Crippen LogP contribution in [0.5, 0.6) is 11.5 Å². The van der Waals surface area contributed by atoms with Gasteiger partial charge in [-0.3, -0.25) is 19.7 Å². The van der Waals surface area contributed by atoms with Gasteiger partial charge in [0, 0.05) is 55.8 Å². The zero-order valence-corrected chi connectivity index (χ0v) is 18.6. The third kappa shape index (κ3) is 4.42. The van der Waals surface area contributed by atoms with Gasteiger partial charge in [-0.1, -0.05) is 0 Å². The van der Waals surface area contributed by atoms with E-state index in [0.29, 0.717) is 42.6 Å². The Kier molecular flexibility index (Phi) is 6.23. The van der Waals surface area contributed by atoms with E-state index in [1.54, 1.807) is 37.7 Å². The first-order valence-electron chi connectivity index (χ1n) is 11.1. The number of hydrogen-bond acceptors (Lipinski definition) is 9. The molecule has 0 atom stereocenters. The van der Waals surface area contributed by atoms with Gasteiger partial charge >= 0.3 is 0 Å². The first-order chi connectivity index (χ1) is 16.2. The average molecular weight is 450 g/mol. The summed E-state index contributed by atoms with van der Waals surface area (Å²) in [6.07, 6.45) is 4.81. The Morgan fingerprint density at radius 1 is 1.24 bits per heavy atom. The number of nitrogens with one attached hydrogen (secondary N) is 1. The normalized spacial score (nSPS) is 18.9. The number of morpholine rings is 1. The van der Waals surface area contributed by atoms with Gasteiger partial charge in [-0.15, -0.1) is 0 Å². The summed E-state index contributed by atoms with van der Waals surface area (Å²) in [6, 6.07) is 7.39. The van der Waals surface area contributed by atoms with Crippen molar-refractivity contribution in [2.45, 2.75) is 0 Å². The molecule has 1 aromatic carbocycles. The third-order valence-electron chi connectivity index (χ3n) is 5.94. The molecule has 4 heterocycles. The molecule has 1 aromatic heterocycles. The van der Waals surface area contributed by atoms with Crippen LogP contribution in [-0.2, 0) is 4.74 Å². The van der Waals surface area contributed by atoms with Crippen LogP contribution in [0.15, 0.2) is 53.5 Å². The number of carbonyl (C=O) groups excluding carboxylic acids is 1. The topological polar surface area (TPSA) is 88.5 Å². The number of anilines is 1. The SMILES string of the molecule is COc1ccc2c(c1OCCN1CCOCC1)N/C(=C\C(=O)c1cccnc1)N1CCN=C21. The lowest BCUT2D eigenvalue weighted by Gasteiger charge is -2.33. The van der Waals surface area contributed by atoms with Crippen LogP contribution in [0.3, 0.4) is 0 Å². The summed E-state index contributed by atoms with van der Waals surface area (Å²) in [7, 11) is 1.63. The molecule has 3 aliphatic rings. The van der Waals surface area contributed by atoms with Gasteiger partial charge in [0.05, 0.1) is 32.6 Å². The number of methoxy groups -OCH3 is 1. The lowest BCUT2D eigenvalue weighted by molar-refractivity contribution is 0.0321. The fraction of sp³-hybridized carbons (Fsp3) is 0.375. The molecule has 9 heteroatoms. The van der Waals surface area contributed by atoms with E-state index in [-0.39, 0.29) is 5.78 Å². The van der Waals surface area contributed by atoms with E-state index in [2.05, 4.69) is 15.2 Å². The molecular formula is C24H27N5O4. The summed E-state index contributed by atoms with van der Waals surface area (Å²) in [5.74, 6) is 2.62. The number of carbonyl (C=O) groups is 1. The van der Waals surface area contributed by atoms with Gasteiger partial charge in [0.15, 0.2) is 17.3 Å². The number of pyridine rings is 1. The summed E-state index contributed by atoms with van der Waals surface area (Å²) >= 11 is 0. The third-order valence-corrected chi connectivity index (χ3v) is 5.94. The Morgan fingerprint density at radius 3 is 2.91 bits per heavy atom. The standard InChI is InChI=1S/C24H27N5O4/c1-31-20-5-4-18-22(23(20)33-14-11-28-9-12-32-13-10-28)27-21(29-8-7-26-24(18)29)15-19(30)17-3-2-6-25-16-17/h2-6,15-16,27H,7-14H2,1H3/b21-15+. The lowest BCUT2D eigenvalue weighted by atomic mass is 10.1. The van der Waals surface area contributed by atoms with Gasteiger partial charge in [0.1, 0.15) is 18.3 Å². The average Bonchev–Trinajstić information content (AvgIpc) is 3.36. The van der Waals surface area contributed by atoms with Gasteiger partial charge in [-0.05, 0) is 24.3 Å². The molecule has 1 fully saturated rings. The van der Waals surface area contributed by atoms with Crippen molar-refractivity contribution in [3.8, 4) is 11.5 Å². The van der Waals surface area contributed by atoms with Gasteiger partial charge < -0.3 is 24.4 Å². The maximum absolute atomic E-state index is 12.9. The highest BCUT2D eigenvalue weighted by atomic mass is 16.5. The number of aromatic nitrogens is 1. The second kappa shape index (κ2) is 9.60. The second-order valence-corrected chi connectivity index (χ2v) is 7.94. The first kappa shape index (κ1) is 21.4. The number of hydrogen-bond donors (Lipinski definition) is 1. The number of allylic oxidation sites excluding steroid dienone is 1. The minimum Gasteiger partial charge on any atom is -0.493 e. The largest absolute Gasteiger partial charge is 0.493 e. The summed E-state index contributed by atoms with van der Waals surface area (Å²) < 4.78 is 17.3. The zero-order chi connectivity index (χ0) is 22.6. The van der Waals surface area contributed by atoms with Gasteiger partial charge in [0.2, 0.25) is 0 Å². The Balaban J connectivity index is 1.44. The Labute approximate surface area is 192 Å². The predicted molar refractivity (Wildman–Crippen MR) is 124 cm³/mol. The number of ketones is 1. The van der Waals surface area contributed by atoms with Crippen molar-refractivity contribution >= 4 is 17.3 Å². The molecule has 1 saturated heterocycles. The maximum atomic E-state index is 12.9. The van der Waals surface area contributed by atoms with Gasteiger partial charge in [-0.25, -0.2) is 0 Å². The predicted octanol–water partition coefficient (Wildman–Crippen LogP) is 2.01. The molecule has 5 rings (SSSR count). The molecule has 0 unspecified atom stereocenters. The fourth-order valence-electron chi connectivity index (χ4n) is 4.22. The Morgan fingerprint density at radius 2 is 2.12 bits per heavy atom. The fourth-order valence-corrected chi connectivity index (χ4v) is 4.22. The molecule has 33 heavy (non-hydrogen) atoms. The smallest absolute Gasteiger partial charge is 0.191 e. The molecule has 0 spiro atoms. The first-order valence-corrected chi connectivity index (χ1v) is 11.1. The number of rotatable bonds is 7. The van der Waals surface area contributed by atoms with E-state index >= 15 is 0 Å². The molecule has 9 nitrogen and oxygen atoms in total. The molecule has 3 aliphatic heterocycles.